The van der Waals surface area contributed by atoms with E-state index in [2.05, 4.69) is 4.98 Å². The summed E-state index contributed by atoms with van der Waals surface area (Å²) in [7, 11) is 0. The molecule has 2 N–H and O–H groups in total. The number of oxazole rings is 1. The fourth-order valence-electron chi connectivity index (χ4n) is 2.05. The summed E-state index contributed by atoms with van der Waals surface area (Å²) < 4.78 is 11.0. The van der Waals surface area contributed by atoms with Gasteiger partial charge in [0.2, 0.25) is 0 Å². The molecule has 4 nitrogen and oxygen atoms in total. The lowest BCUT2D eigenvalue weighted by molar-refractivity contribution is 0.432. The van der Waals surface area contributed by atoms with Crippen molar-refractivity contribution in [3.8, 4) is 0 Å². The van der Waals surface area contributed by atoms with Gasteiger partial charge in [-0.2, -0.15) is 0 Å². The van der Waals surface area contributed by atoms with Crippen molar-refractivity contribution in [1.29, 1.82) is 0 Å². The van der Waals surface area contributed by atoms with Gasteiger partial charge in [0, 0.05) is 6.42 Å². The van der Waals surface area contributed by atoms with Crippen molar-refractivity contribution < 1.29 is 8.83 Å². The zero-order valence-electron chi connectivity index (χ0n) is 10.1. The number of hydrogen-bond donors (Lipinski definition) is 1. The third kappa shape index (κ3) is 1.91. The van der Waals surface area contributed by atoms with Gasteiger partial charge >= 0.3 is 0 Å². The molecule has 3 aromatic rings. The van der Waals surface area contributed by atoms with Crippen LogP contribution in [-0.2, 0) is 6.42 Å². The number of furan rings is 1. The molecule has 0 amide bonds. The summed E-state index contributed by atoms with van der Waals surface area (Å²) in [6.45, 7) is 1.98. The fraction of sp³-hybridized carbons (Fsp3) is 0.214. The van der Waals surface area contributed by atoms with Crippen LogP contribution in [0.4, 0.5) is 0 Å². The number of aryl methyl sites for hydroxylation is 1. The molecule has 0 radical (unpaired) electrons. The molecule has 2 aromatic heterocycles. The molecule has 3 rings (SSSR count). The van der Waals surface area contributed by atoms with E-state index >= 15 is 0 Å². The fourth-order valence-corrected chi connectivity index (χ4v) is 2.05. The Morgan fingerprint density at radius 1 is 1.28 bits per heavy atom. The quantitative estimate of drug-likeness (QED) is 0.766. The molecular weight excluding hydrogens is 228 g/mol. The van der Waals surface area contributed by atoms with E-state index in [1.807, 2.05) is 37.3 Å². The van der Waals surface area contributed by atoms with Crippen molar-refractivity contribution in [3.63, 3.8) is 0 Å². The molecule has 0 spiro atoms. The number of nitrogens with zero attached hydrogens (tertiary/aromatic N) is 1. The van der Waals surface area contributed by atoms with Crippen LogP contribution in [0.3, 0.4) is 0 Å². The predicted octanol–water partition coefficient (Wildman–Crippen LogP) is 2.97. The number of para-hydroxylation sites is 2. The molecule has 1 unspecified atom stereocenters. The van der Waals surface area contributed by atoms with E-state index in [9.17, 15) is 0 Å². The summed E-state index contributed by atoms with van der Waals surface area (Å²) in [5, 5.41) is 0. The average Bonchev–Trinajstić information content (AvgIpc) is 2.94. The van der Waals surface area contributed by atoms with Crippen molar-refractivity contribution in [2.75, 3.05) is 0 Å². The number of rotatable bonds is 3. The summed E-state index contributed by atoms with van der Waals surface area (Å²) in [5.74, 6) is 1.43. The maximum absolute atomic E-state index is 6.10. The predicted molar refractivity (Wildman–Crippen MR) is 68.1 cm³/mol. The Morgan fingerprint density at radius 2 is 2.11 bits per heavy atom. The van der Waals surface area contributed by atoms with Gasteiger partial charge < -0.3 is 14.6 Å². The Balaban J connectivity index is 1.86. The number of fused-ring (bicyclic) bond motifs is 1. The van der Waals surface area contributed by atoms with E-state index in [-0.39, 0.29) is 6.04 Å². The summed E-state index contributed by atoms with van der Waals surface area (Å²) in [6.07, 6.45) is 2.18. The van der Waals surface area contributed by atoms with Gasteiger partial charge in [0.15, 0.2) is 11.5 Å². The first-order chi connectivity index (χ1) is 8.74. The minimum Gasteiger partial charge on any atom is -0.467 e. The third-order valence-corrected chi connectivity index (χ3v) is 2.97. The lowest BCUT2D eigenvalue weighted by Crippen LogP contribution is -2.13. The van der Waals surface area contributed by atoms with E-state index in [1.165, 1.54) is 0 Å². The molecule has 0 fully saturated rings. The monoisotopic (exact) mass is 242 g/mol. The summed E-state index contributed by atoms with van der Waals surface area (Å²) in [6, 6.07) is 9.36. The molecular formula is C14H14N2O2. The largest absolute Gasteiger partial charge is 0.467 e. The summed E-state index contributed by atoms with van der Waals surface area (Å²) in [4.78, 5) is 4.40. The zero-order chi connectivity index (χ0) is 12.5. The molecule has 4 heteroatoms. The Bertz CT molecular complexity index is 636. The van der Waals surface area contributed by atoms with E-state index in [0.717, 1.165) is 22.4 Å². The van der Waals surface area contributed by atoms with E-state index in [1.54, 1.807) is 6.26 Å². The first-order valence-corrected chi connectivity index (χ1v) is 5.88. The SMILES string of the molecule is Cc1ccoc1C(N)Cc1nc2ccccc2o1. The number of benzene rings is 1. The first kappa shape index (κ1) is 11.0. The lowest BCUT2D eigenvalue weighted by Gasteiger charge is -2.06. The molecule has 0 aliphatic heterocycles. The van der Waals surface area contributed by atoms with E-state index in [4.69, 9.17) is 14.6 Å². The second-order valence-corrected chi connectivity index (χ2v) is 4.35. The van der Waals surface area contributed by atoms with Gasteiger partial charge in [0.05, 0.1) is 12.3 Å². The highest BCUT2D eigenvalue weighted by Crippen LogP contribution is 2.22. The molecule has 1 atom stereocenters. The lowest BCUT2D eigenvalue weighted by atomic mass is 10.1. The van der Waals surface area contributed by atoms with Crippen molar-refractivity contribution >= 4 is 11.1 Å². The van der Waals surface area contributed by atoms with Crippen LogP contribution >= 0.6 is 0 Å². The van der Waals surface area contributed by atoms with Gasteiger partial charge in [-0.05, 0) is 30.7 Å². The van der Waals surface area contributed by atoms with E-state index in [0.29, 0.717) is 12.3 Å². The van der Waals surface area contributed by atoms with Crippen LogP contribution in [0.25, 0.3) is 11.1 Å². The van der Waals surface area contributed by atoms with Crippen LogP contribution in [0, 0.1) is 6.92 Å². The van der Waals surface area contributed by atoms with Crippen LogP contribution < -0.4 is 5.73 Å². The van der Waals surface area contributed by atoms with Crippen LogP contribution in [0.5, 0.6) is 0 Å². The third-order valence-electron chi connectivity index (χ3n) is 2.97. The normalized spacial score (nSPS) is 13.0. The highest BCUT2D eigenvalue weighted by molar-refractivity contribution is 5.72. The van der Waals surface area contributed by atoms with Crippen LogP contribution in [0.15, 0.2) is 45.4 Å². The molecule has 0 bridgehead atoms. The average molecular weight is 242 g/mol. The molecule has 1 aromatic carbocycles. The minimum atomic E-state index is -0.229. The smallest absolute Gasteiger partial charge is 0.197 e. The highest BCUT2D eigenvalue weighted by atomic mass is 16.3. The molecule has 18 heavy (non-hydrogen) atoms. The van der Waals surface area contributed by atoms with Crippen molar-refractivity contribution in [2.45, 2.75) is 19.4 Å². The molecule has 0 aliphatic carbocycles. The number of aromatic nitrogens is 1. The van der Waals surface area contributed by atoms with Crippen LogP contribution in [0.1, 0.15) is 23.3 Å². The molecule has 0 saturated carbocycles. The van der Waals surface area contributed by atoms with E-state index < -0.39 is 0 Å². The Labute approximate surface area is 104 Å². The number of hydrogen-bond acceptors (Lipinski definition) is 4. The Hall–Kier alpha value is -2.07. The Kier molecular flexibility index (Phi) is 2.64. The van der Waals surface area contributed by atoms with Crippen molar-refractivity contribution in [2.24, 2.45) is 5.73 Å². The summed E-state index contributed by atoms with van der Waals surface area (Å²) in [5.41, 5.74) is 8.80. The number of nitrogens with two attached hydrogens (primary N) is 1. The highest BCUT2D eigenvalue weighted by Gasteiger charge is 2.16. The zero-order valence-corrected chi connectivity index (χ0v) is 10.1. The van der Waals surface area contributed by atoms with Gasteiger partial charge in [-0.15, -0.1) is 0 Å². The van der Waals surface area contributed by atoms with Gasteiger partial charge in [-0.3, -0.25) is 0 Å². The topological polar surface area (TPSA) is 65.2 Å². The van der Waals surface area contributed by atoms with Gasteiger partial charge in [0.1, 0.15) is 11.3 Å². The van der Waals surface area contributed by atoms with Crippen LogP contribution in [-0.4, -0.2) is 4.98 Å². The maximum Gasteiger partial charge on any atom is 0.197 e. The molecule has 2 heterocycles. The summed E-state index contributed by atoms with van der Waals surface area (Å²) >= 11 is 0. The second kappa shape index (κ2) is 4.31. The molecule has 92 valence electrons. The second-order valence-electron chi connectivity index (χ2n) is 4.35. The van der Waals surface area contributed by atoms with Crippen molar-refractivity contribution in [3.05, 3.63) is 53.8 Å². The van der Waals surface area contributed by atoms with Gasteiger partial charge in [-0.1, -0.05) is 12.1 Å². The van der Waals surface area contributed by atoms with Crippen molar-refractivity contribution in [1.82, 2.24) is 4.98 Å². The van der Waals surface area contributed by atoms with Gasteiger partial charge in [-0.25, -0.2) is 4.98 Å². The first-order valence-electron chi connectivity index (χ1n) is 5.88. The molecule has 0 aliphatic rings. The molecule has 0 saturated heterocycles. The minimum absolute atomic E-state index is 0.229. The maximum atomic E-state index is 6.10. The Morgan fingerprint density at radius 3 is 2.83 bits per heavy atom. The van der Waals surface area contributed by atoms with Gasteiger partial charge in [0.25, 0.3) is 0 Å². The van der Waals surface area contributed by atoms with Crippen LogP contribution in [0.2, 0.25) is 0 Å². The standard InChI is InChI=1S/C14H14N2O2/c1-9-6-7-17-14(9)10(15)8-13-16-11-4-2-3-5-12(11)18-13/h2-7,10H,8,15H2,1H3.